The Balaban J connectivity index is 2.41. The molecule has 1 aromatic carbocycles. The molecule has 21 heavy (non-hydrogen) atoms. The fourth-order valence-corrected chi connectivity index (χ4v) is 2.11. The Labute approximate surface area is 124 Å². The molecule has 0 aliphatic heterocycles. The van der Waals surface area contributed by atoms with Crippen LogP contribution in [-0.2, 0) is 7.05 Å². The number of nitrogens with two attached hydrogens (primary N) is 1. The topological polar surface area (TPSA) is 120 Å². The minimum absolute atomic E-state index is 0.0410. The van der Waals surface area contributed by atoms with Gasteiger partial charge in [0.1, 0.15) is 22.2 Å². The third-order valence-corrected chi connectivity index (χ3v) is 3.07. The van der Waals surface area contributed by atoms with Crippen LogP contribution in [0, 0.1) is 22.4 Å². The van der Waals surface area contributed by atoms with Crippen molar-refractivity contribution in [2.75, 3.05) is 0 Å². The number of aromatic nitrogens is 2. The summed E-state index contributed by atoms with van der Waals surface area (Å²) in [4.78, 5) is 10.1. The summed E-state index contributed by atoms with van der Waals surface area (Å²) in [5, 5.41) is 22.4. The van der Waals surface area contributed by atoms with E-state index in [4.69, 9.17) is 27.5 Å². The third kappa shape index (κ3) is 2.79. The van der Waals surface area contributed by atoms with Gasteiger partial charge in [0.2, 0.25) is 5.88 Å². The monoisotopic (exact) mass is 309 g/mol. The summed E-state index contributed by atoms with van der Waals surface area (Å²) in [5.41, 5.74) is 6.22. The first-order valence-corrected chi connectivity index (χ1v) is 6.19. The molecule has 1 heterocycles. The van der Waals surface area contributed by atoms with Gasteiger partial charge < -0.3 is 10.5 Å². The summed E-state index contributed by atoms with van der Waals surface area (Å²) >= 11 is 5.83. The van der Waals surface area contributed by atoms with Crippen molar-refractivity contribution in [2.45, 2.75) is 6.92 Å². The molecule has 0 fully saturated rings. The molecule has 0 amide bonds. The smallest absolute Gasteiger partial charge is 0.288 e. The zero-order valence-electron chi connectivity index (χ0n) is 11.3. The molecule has 0 saturated heterocycles. The van der Waals surface area contributed by atoms with Crippen LogP contribution in [0.15, 0.2) is 18.2 Å². The molecule has 0 spiro atoms. The number of nitro groups is 1. The summed E-state index contributed by atoms with van der Waals surface area (Å²) < 4.78 is 7.04. The number of nitrogens with zero attached hydrogens (tertiary/aromatic N) is 3. The normalized spacial score (nSPS) is 10.4. The summed E-state index contributed by atoms with van der Waals surface area (Å²) in [6.07, 6.45) is 0. The first kappa shape index (κ1) is 14.8. The summed E-state index contributed by atoms with van der Waals surface area (Å²) in [7, 11) is 1.64. The van der Waals surface area contributed by atoms with E-state index in [0.717, 1.165) is 0 Å². The number of amidine groups is 1. The first-order valence-electron chi connectivity index (χ1n) is 5.81. The molecule has 0 bridgehead atoms. The molecule has 2 rings (SSSR count). The van der Waals surface area contributed by atoms with Crippen molar-refractivity contribution in [2.24, 2.45) is 12.8 Å². The van der Waals surface area contributed by atoms with E-state index in [1.165, 1.54) is 22.9 Å². The van der Waals surface area contributed by atoms with Gasteiger partial charge in [-0.3, -0.25) is 15.5 Å². The Morgan fingerprint density at radius 1 is 1.57 bits per heavy atom. The van der Waals surface area contributed by atoms with E-state index in [1.54, 1.807) is 14.0 Å². The predicted octanol–water partition coefficient (Wildman–Crippen LogP) is 2.37. The van der Waals surface area contributed by atoms with Crippen LogP contribution in [-0.4, -0.2) is 20.5 Å². The van der Waals surface area contributed by atoms with Crippen LogP contribution in [0.3, 0.4) is 0 Å². The van der Waals surface area contributed by atoms with Crippen molar-refractivity contribution in [3.05, 3.63) is 44.6 Å². The molecule has 1 aromatic heterocycles. The van der Waals surface area contributed by atoms with E-state index in [-0.39, 0.29) is 28.2 Å². The zero-order chi connectivity index (χ0) is 15.7. The third-order valence-electron chi connectivity index (χ3n) is 2.77. The minimum atomic E-state index is -0.582. The van der Waals surface area contributed by atoms with Crippen LogP contribution in [0.25, 0.3) is 0 Å². The number of rotatable bonds is 4. The van der Waals surface area contributed by atoms with Crippen molar-refractivity contribution in [1.82, 2.24) is 9.78 Å². The molecule has 0 aliphatic rings. The first-order chi connectivity index (χ1) is 9.81. The highest BCUT2D eigenvalue weighted by Gasteiger charge is 2.19. The second-order valence-corrected chi connectivity index (χ2v) is 4.68. The lowest BCUT2D eigenvalue weighted by atomic mass is 10.2. The zero-order valence-corrected chi connectivity index (χ0v) is 12.0. The number of aryl methyl sites for hydroxylation is 2. The van der Waals surface area contributed by atoms with E-state index in [1.807, 2.05) is 0 Å². The van der Waals surface area contributed by atoms with Crippen LogP contribution in [0.2, 0.25) is 5.02 Å². The molecular weight excluding hydrogens is 298 g/mol. The van der Waals surface area contributed by atoms with Gasteiger partial charge in [0.15, 0.2) is 0 Å². The lowest BCUT2D eigenvalue weighted by Gasteiger charge is -2.08. The van der Waals surface area contributed by atoms with Crippen molar-refractivity contribution >= 4 is 23.1 Å². The molecule has 0 unspecified atom stereocenters. The number of ether oxygens (including phenoxy) is 1. The van der Waals surface area contributed by atoms with Crippen molar-refractivity contribution in [3.8, 4) is 11.6 Å². The summed E-state index contributed by atoms with van der Waals surface area (Å²) in [6.45, 7) is 1.70. The van der Waals surface area contributed by atoms with Crippen molar-refractivity contribution in [3.63, 3.8) is 0 Å². The molecule has 0 saturated carbocycles. The summed E-state index contributed by atoms with van der Waals surface area (Å²) in [5.74, 6) is 0.379. The van der Waals surface area contributed by atoms with E-state index in [9.17, 15) is 10.1 Å². The average Bonchev–Trinajstić information content (AvgIpc) is 2.63. The highest BCUT2D eigenvalue weighted by molar-refractivity contribution is 6.32. The van der Waals surface area contributed by atoms with Crippen LogP contribution >= 0.6 is 11.6 Å². The van der Waals surface area contributed by atoms with Gasteiger partial charge in [-0.15, -0.1) is 0 Å². The largest absolute Gasteiger partial charge is 0.438 e. The van der Waals surface area contributed by atoms with E-state index >= 15 is 0 Å². The number of hydrogen-bond donors (Lipinski definition) is 2. The SMILES string of the molecule is Cc1nn(C)c(Oc2ccc([N+](=O)[O-])c(Cl)c2)c1C(=N)N. The molecule has 3 N–H and O–H groups in total. The Morgan fingerprint density at radius 3 is 2.76 bits per heavy atom. The Kier molecular flexibility index (Phi) is 3.81. The van der Waals surface area contributed by atoms with Gasteiger partial charge in [-0.1, -0.05) is 11.6 Å². The summed E-state index contributed by atoms with van der Waals surface area (Å²) in [6, 6.07) is 3.98. The highest BCUT2D eigenvalue weighted by Crippen LogP contribution is 2.32. The lowest BCUT2D eigenvalue weighted by molar-refractivity contribution is -0.384. The second kappa shape index (κ2) is 5.41. The number of nitro benzene ring substituents is 1. The second-order valence-electron chi connectivity index (χ2n) is 4.28. The van der Waals surface area contributed by atoms with E-state index in [2.05, 4.69) is 5.10 Å². The fourth-order valence-electron chi connectivity index (χ4n) is 1.87. The number of nitrogen functional groups attached to an aromatic ring is 1. The van der Waals surface area contributed by atoms with Gasteiger partial charge in [0, 0.05) is 19.2 Å². The molecule has 0 radical (unpaired) electrons. The maximum Gasteiger partial charge on any atom is 0.288 e. The molecule has 0 aliphatic carbocycles. The van der Waals surface area contributed by atoms with Gasteiger partial charge in [-0.25, -0.2) is 4.68 Å². The Bertz CT molecular complexity index is 741. The van der Waals surface area contributed by atoms with Crippen LogP contribution < -0.4 is 10.5 Å². The van der Waals surface area contributed by atoms with Gasteiger partial charge in [0.05, 0.1) is 10.6 Å². The molecule has 9 heteroatoms. The number of hydrogen-bond acceptors (Lipinski definition) is 5. The number of benzene rings is 1. The highest BCUT2D eigenvalue weighted by atomic mass is 35.5. The maximum absolute atomic E-state index is 10.7. The van der Waals surface area contributed by atoms with E-state index in [0.29, 0.717) is 11.3 Å². The maximum atomic E-state index is 10.7. The standard InChI is InChI=1S/C12H12ClN5O3/c1-6-10(11(14)15)12(17(2)16-6)21-7-3-4-9(18(19)20)8(13)5-7/h3-5H,1-2H3,(H3,14,15). The molecule has 2 aromatic rings. The Morgan fingerprint density at radius 2 is 2.24 bits per heavy atom. The Hall–Kier alpha value is -2.61. The van der Waals surface area contributed by atoms with Crippen LogP contribution in [0.4, 0.5) is 5.69 Å². The quantitative estimate of drug-likeness (QED) is 0.389. The van der Waals surface area contributed by atoms with E-state index < -0.39 is 4.92 Å². The van der Waals surface area contributed by atoms with Crippen molar-refractivity contribution in [1.29, 1.82) is 5.41 Å². The van der Waals surface area contributed by atoms with Gasteiger partial charge in [-0.05, 0) is 13.0 Å². The van der Waals surface area contributed by atoms with Crippen LogP contribution in [0.5, 0.6) is 11.6 Å². The molecule has 0 atom stereocenters. The molecule has 8 nitrogen and oxygen atoms in total. The lowest BCUT2D eigenvalue weighted by Crippen LogP contribution is -2.13. The molecular formula is C12H12ClN5O3. The molecule has 110 valence electrons. The number of halogens is 1. The fraction of sp³-hybridized carbons (Fsp3) is 0.167. The minimum Gasteiger partial charge on any atom is -0.438 e. The van der Waals surface area contributed by atoms with Crippen molar-refractivity contribution < 1.29 is 9.66 Å². The van der Waals surface area contributed by atoms with Crippen LogP contribution in [0.1, 0.15) is 11.3 Å². The average molecular weight is 310 g/mol. The van der Waals surface area contributed by atoms with Gasteiger partial charge in [-0.2, -0.15) is 5.10 Å². The predicted molar refractivity (Wildman–Crippen MR) is 77.1 cm³/mol. The van der Waals surface area contributed by atoms with Gasteiger partial charge in [0.25, 0.3) is 5.69 Å². The van der Waals surface area contributed by atoms with Gasteiger partial charge >= 0.3 is 0 Å². The number of nitrogens with one attached hydrogen (secondary N) is 1.